The highest BCUT2D eigenvalue weighted by Crippen LogP contribution is 2.29. The third-order valence-corrected chi connectivity index (χ3v) is 3.00. The van der Waals surface area contributed by atoms with Crippen LogP contribution in [0.4, 0.5) is 0 Å². The van der Waals surface area contributed by atoms with Gasteiger partial charge in [-0.15, -0.1) is 0 Å². The summed E-state index contributed by atoms with van der Waals surface area (Å²) in [5.41, 5.74) is 0.296. The molecule has 78 valence electrons. The molecule has 0 spiro atoms. The van der Waals surface area contributed by atoms with Crippen LogP contribution in [-0.4, -0.2) is 41.1 Å². The molecule has 1 aliphatic rings. The number of nitrogens with zero attached hydrogens (tertiary/aromatic N) is 2. The van der Waals surface area contributed by atoms with Crippen molar-refractivity contribution in [1.29, 1.82) is 0 Å². The Kier molecular flexibility index (Phi) is 3.03. The van der Waals surface area contributed by atoms with Gasteiger partial charge in [-0.3, -0.25) is 9.80 Å². The van der Waals surface area contributed by atoms with Gasteiger partial charge < -0.3 is 0 Å². The molecule has 0 aromatic carbocycles. The van der Waals surface area contributed by atoms with Crippen molar-refractivity contribution in [3.63, 3.8) is 0 Å². The second-order valence-electron chi connectivity index (χ2n) is 5.26. The third-order valence-electron chi connectivity index (χ3n) is 3.00. The van der Waals surface area contributed by atoms with Crippen LogP contribution in [0.2, 0.25) is 0 Å². The van der Waals surface area contributed by atoms with Crippen molar-refractivity contribution < 1.29 is 0 Å². The fraction of sp³-hybridized carbons (Fsp3) is 1.00. The first-order chi connectivity index (χ1) is 5.88. The molecule has 2 nitrogen and oxygen atoms in total. The lowest BCUT2D eigenvalue weighted by atomic mass is 10.0. The van der Waals surface area contributed by atoms with Crippen LogP contribution in [0, 0.1) is 0 Å². The van der Waals surface area contributed by atoms with Crippen molar-refractivity contribution >= 4 is 0 Å². The smallest absolute Gasteiger partial charge is 0.0625 e. The zero-order chi connectivity index (χ0) is 10.2. The van der Waals surface area contributed by atoms with Crippen LogP contribution in [0.1, 0.15) is 41.0 Å². The van der Waals surface area contributed by atoms with Crippen LogP contribution >= 0.6 is 0 Å². The second kappa shape index (κ2) is 3.58. The molecule has 1 saturated heterocycles. The van der Waals surface area contributed by atoms with Gasteiger partial charge in [0.05, 0.1) is 6.17 Å². The van der Waals surface area contributed by atoms with Crippen molar-refractivity contribution in [3.05, 3.63) is 0 Å². The SMILES string of the molecule is CCC1N(C)CC(C)N1C(C)(C)C. The molecule has 2 unspecified atom stereocenters. The summed E-state index contributed by atoms with van der Waals surface area (Å²) in [6, 6.07) is 0.690. The van der Waals surface area contributed by atoms with E-state index in [0.717, 1.165) is 0 Å². The maximum Gasteiger partial charge on any atom is 0.0625 e. The average Bonchev–Trinajstić information content (AvgIpc) is 2.23. The van der Waals surface area contributed by atoms with Crippen molar-refractivity contribution in [3.8, 4) is 0 Å². The first kappa shape index (κ1) is 11.0. The molecule has 0 amide bonds. The van der Waals surface area contributed by atoms with E-state index in [-0.39, 0.29) is 0 Å². The van der Waals surface area contributed by atoms with Crippen LogP contribution in [0.3, 0.4) is 0 Å². The van der Waals surface area contributed by atoms with E-state index in [1.54, 1.807) is 0 Å². The van der Waals surface area contributed by atoms with Crippen molar-refractivity contribution in [2.75, 3.05) is 13.6 Å². The fourth-order valence-electron chi connectivity index (χ4n) is 2.75. The van der Waals surface area contributed by atoms with Gasteiger partial charge in [0, 0.05) is 18.1 Å². The van der Waals surface area contributed by atoms with Crippen molar-refractivity contribution in [2.45, 2.75) is 58.8 Å². The van der Waals surface area contributed by atoms with Crippen LogP contribution in [0.5, 0.6) is 0 Å². The molecule has 0 saturated carbocycles. The van der Waals surface area contributed by atoms with E-state index in [0.29, 0.717) is 17.7 Å². The summed E-state index contributed by atoms with van der Waals surface area (Å²) >= 11 is 0. The molecule has 2 heteroatoms. The molecule has 1 aliphatic heterocycles. The van der Waals surface area contributed by atoms with E-state index >= 15 is 0 Å². The highest BCUT2D eigenvalue weighted by molar-refractivity contribution is 4.92. The lowest BCUT2D eigenvalue weighted by molar-refractivity contribution is 0.0478. The Labute approximate surface area is 82.9 Å². The van der Waals surface area contributed by atoms with Gasteiger partial charge in [0.1, 0.15) is 0 Å². The van der Waals surface area contributed by atoms with Crippen molar-refractivity contribution in [2.24, 2.45) is 0 Å². The molecular weight excluding hydrogens is 160 g/mol. The van der Waals surface area contributed by atoms with Gasteiger partial charge in [-0.25, -0.2) is 0 Å². The van der Waals surface area contributed by atoms with Gasteiger partial charge in [0.15, 0.2) is 0 Å². The molecule has 0 aromatic rings. The number of hydrogen-bond acceptors (Lipinski definition) is 2. The number of likely N-dealkylation sites (N-methyl/N-ethyl adjacent to an activating group) is 1. The van der Waals surface area contributed by atoms with E-state index < -0.39 is 0 Å². The molecule has 0 aliphatic carbocycles. The predicted octanol–water partition coefficient (Wildman–Crippen LogP) is 2.16. The van der Waals surface area contributed by atoms with E-state index in [9.17, 15) is 0 Å². The zero-order valence-corrected chi connectivity index (χ0v) is 9.96. The van der Waals surface area contributed by atoms with Crippen LogP contribution < -0.4 is 0 Å². The largest absolute Gasteiger partial charge is 0.289 e. The van der Waals surface area contributed by atoms with Gasteiger partial charge in [-0.05, 0) is 41.2 Å². The minimum Gasteiger partial charge on any atom is -0.289 e. The molecule has 13 heavy (non-hydrogen) atoms. The van der Waals surface area contributed by atoms with Crippen LogP contribution in [-0.2, 0) is 0 Å². The highest BCUT2D eigenvalue weighted by Gasteiger charge is 2.39. The number of hydrogen-bond donors (Lipinski definition) is 0. The van der Waals surface area contributed by atoms with E-state index in [1.165, 1.54) is 13.0 Å². The van der Waals surface area contributed by atoms with Crippen molar-refractivity contribution in [1.82, 2.24) is 9.80 Å². The van der Waals surface area contributed by atoms with E-state index in [1.807, 2.05) is 0 Å². The van der Waals surface area contributed by atoms with E-state index in [4.69, 9.17) is 0 Å². The molecule has 2 atom stereocenters. The minimum atomic E-state index is 0.296. The average molecular weight is 184 g/mol. The molecule has 0 N–H and O–H groups in total. The maximum absolute atomic E-state index is 2.63. The third kappa shape index (κ3) is 2.05. The predicted molar refractivity (Wildman–Crippen MR) is 57.8 cm³/mol. The second-order valence-corrected chi connectivity index (χ2v) is 5.26. The molecule has 0 bridgehead atoms. The quantitative estimate of drug-likeness (QED) is 0.616. The number of rotatable bonds is 1. The van der Waals surface area contributed by atoms with E-state index in [2.05, 4.69) is 51.5 Å². The van der Waals surface area contributed by atoms with Gasteiger partial charge in [0.2, 0.25) is 0 Å². The maximum atomic E-state index is 2.63. The Morgan fingerprint density at radius 1 is 1.31 bits per heavy atom. The normalized spacial score (nSPS) is 32.8. The first-order valence-corrected chi connectivity index (χ1v) is 5.36. The summed E-state index contributed by atoms with van der Waals surface area (Å²) < 4.78 is 0. The van der Waals surface area contributed by atoms with Gasteiger partial charge in [-0.2, -0.15) is 0 Å². The Hall–Kier alpha value is -0.0800. The summed E-state index contributed by atoms with van der Waals surface area (Å²) in [5.74, 6) is 0. The zero-order valence-electron chi connectivity index (χ0n) is 9.96. The lowest BCUT2D eigenvalue weighted by Crippen LogP contribution is -2.50. The topological polar surface area (TPSA) is 6.48 Å². The lowest BCUT2D eigenvalue weighted by Gasteiger charge is -2.40. The molecule has 1 heterocycles. The van der Waals surface area contributed by atoms with Crippen LogP contribution in [0.25, 0.3) is 0 Å². The molecule has 0 radical (unpaired) electrons. The Balaban J connectivity index is 2.81. The van der Waals surface area contributed by atoms with Crippen LogP contribution in [0.15, 0.2) is 0 Å². The molecule has 0 aromatic heterocycles. The summed E-state index contributed by atoms with van der Waals surface area (Å²) in [6.45, 7) is 12.7. The first-order valence-electron chi connectivity index (χ1n) is 5.36. The standard InChI is InChI=1S/C11H24N2/c1-7-10-12(6)8-9(2)13(10)11(3,4)5/h9-10H,7-8H2,1-6H3. The van der Waals surface area contributed by atoms with Gasteiger partial charge >= 0.3 is 0 Å². The van der Waals surface area contributed by atoms with Gasteiger partial charge in [0.25, 0.3) is 0 Å². The monoisotopic (exact) mass is 184 g/mol. The highest BCUT2D eigenvalue weighted by atomic mass is 15.4. The molecule has 1 rings (SSSR count). The Morgan fingerprint density at radius 2 is 1.85 bits per heavy atom. The summed E-state index contributed by atoms with van der Waals surface area (Å²) in [4.78, 5) is 5.10. The molecular formula is C11H24N2. The Morgan fingerprint density at radius 3 is 2.15 bits per heavy atom. The summed E-state index contributed by atoms with van der Waals surface area (Å²) in [7, 11) is 2.23. The minimum absolute atomic E-state index is 0.296. The summed E-state index contributed by atoms with van der Waals surface area (Å²) in [6.07, 6.45) is 1.85. The fourth-order valence-corrected chi connectivity index (χ4v) is 2.75. The molecule has 1 fully saturated rings. The Bertz CT molecular complexity index is 171. The summed E-state index contributed by atoms with van der Waals surface area (Å²) in [5, 5.41) is 0. The van der Waals surface area contributed by atoms with Gasteiger partial charge in [-0.1, -0.05) is 6.92 Å².